The molecule has 2 heterocycles. The van der Waals surface area contributed by atoms with Gasteiger partial charge in [-0.05, 0) is 12.1 Å². The van der Waals surface area contributed by atoms with Crippen LogP contribution >= 0.6 is 0 Å². The van der Waals surface area contributed by atoms with Gasteiger partial charge in [0, 0.05) is 11.1 Å². The molecule has 2 atom stereocenters. The van der Waals surface area contributed by atoms with Crippen molar-refractivity contribution in [2.24, 2.45) is 0 Å². The zero-order chi connectivity index (χ0) is 16.2. The molecular formula is C21H24N2O+2. The van der Waals surface area contributed by atoms with Crippen LogP contribution in [-0.4, -0.2) is 13.1 Å². The van der Waals surface area contributed by atoms with Crippen LogP contribution < -0.4 is 9.80 Å². The van der Waals surface area contributed by atoms with E-state index in [1.165, 1.54) is 24.2 Å². The number of quaternary nitrogens is 2. The lowest BCUT2D eigenvalue weighted by atomic mass is 10.2. The quantitative estimate of drug-likeness (QED) is 0.730. The van der Waals surface area contributed by atoms with Crippen LogP contribution in [0.25, 0.3) is 0 Å². The van der Waals surface area contributed by atoms with Crippen molar-refractivity contribution < 1.29 is 14.2 Å². The Bertz CT molecular complexity index is 691. The molecule has 0 aliphatic carbocycles. The van der Waals surface area contributed by atoms with Gasteiger partial charge in [0.1, 0.15) is 26.2 Å². The van der Waals surface area contributed by atoms with E-state index in [2.05, 4.69) is 66.7 Å². The number of benzene rings is 2. The standard InChI is InChI=1S/C21H22N2O/c1-3-8-18(9-4-1)16-22-13-14-23(17-19-10-5-2-6-11-19)21(22)20-12-7-15-24-20/h1-12,15,21H,13-14,16-17H2/p+2. The van der Waals surface area contributed by atoms with Crippen LogP contribution in [0.3, 0.4) is 0 Å². The highest BCUT2D eigenvalue weighted by Gasteiger charge is 2.42. The van der Waals surface area contributed by atoms with Crippen molar-refractivity contribution in [1.82, 2.24) is 0 Å². The SMILES string of the molecule is c1ccc(C[NH+]2CC[NH+](Cc3ccccc3)C2c2ccco2)cc1. The summed E-state index contributed by atoms with van der Waals surface area (Å²) in [6, 6.07) is 25.7. The van der Waals surface area contributed by atoms with E-state index >= 15 is 0 Å². The van der Waals surface area contributed by atoms with Gasteiger partial charge in [-0.1, -0.05) is 60.7 Å². The Kier molecular flexibility index (Phi) is 4.45. The van der Waals surface area contributed by atoms with E-state index in [4.69, 9.17) is 4.42 Å². The van der Waals surface area contributed by atoms with E-state index in [0.717, 1.165) is 18.8 Å². The lowest BCUT2D eigenvalue weighted by molar-refractivity contribution is -1.09. The van der Waals surface area contributed by atoms with Gasteiger partial charge in [0.05, 0.1) is 6.26 Å². The normalized spacial score (nSPS) is 23.4. The summed E-state index contributed by atoms with van der Waals surface area (Å²) < 4.78 is 5.81. The Morgan fingerprint density at radius 2 is 1.25 bits per heavy atom. The first-order chi connectivity index (χ1) is 11.9. The van der Waals surface area contributed by atoms with Gasteiger partial charge in [0.15, 0.2) is 0 Å². The van der Waals surface area contributed by atoms with Crippen molar-refractivity contribution in [3.8, 4) is 0 Å². The third kappa shape index (κ3) is 3.28. The van der Waals surface area contributed by atoms with Crippen LogP contribution in [0, 0.1) is 0 Å². The van der Waals surface area contributed by atoms with Crippen LogP contribution in [0.15, 0.2) is 83.5 Å². The fraction of sp³-hybridized carbons (Fsp3) is 0.238. The van der Waals surface area contributed by atoms with Gasteiger partial charge in [-0.25, -0.2) is 0 Å². The Balaban J connectivity index is 1.56. The average Bonchev–Trinajstić information content (AvgIpc) is 3.27. The fourth-order valence-corrected chi connectivity index (χ4v) is 3.85. The number of hydrogen-bond donors (Lipinski definition) is 2. The molecular weight excluding hydrogens is 296 g/mol. The predicted molar refractivity (Wildman–Crippen MR) is 93.4 cm³/mol. The summed E-state index contributed by atoms with van der Waals surface area (Å²) >= 11 is 0. The van der Waals surface area contributed by atoms with Gasteiger partial charge in [-0.3, -0.25) is 9.80 Å². The summed E-state index contributed by atoms with van der Waals surface area (Å²) in [5.74, 6) is 1.10. The van der Waals surface area contributed by atoms with Gasteiger partial charge < -0.3 is 4.42 Å². The molecule has 2 aromatic carbocycles. The third-order valence-electron chi connectivity index (χ3n) is 4.96. The minimum atomic E-state index is 0.361. The number of furan rings is 1. The van der Waals surface area contributed by atoms with Gasteiger partial charge in [0.2, 0.25) is 5.76 Å². The van der Waals surface area contributed by atoms with Crippen molar-refractivity contribution >= 4 is 0 Å². The highest BCUT2D eigenvalue weighted by molar-refractivity contribution is 5.14. The molecule has 0 bridgehead atoms. The van der Waals surface area contributed by atoms with E-state index < -0.39 is 0 Å². The number of nitrogens with one attached hydrogen (secondary N) is 2. The van der Waals surface area contributed by atoms with Crippen LogP contribution in [0.2, 0.25) is 0 Å². The topological polar surface area (TPSA) is 22.0 Å². The van der Waals surface area contributed by atoms with Gasteiger partial charge in [-0.15, -0.1) is 0 Å². The first kappa shape index (κ1) is 15.2. The Labute approximate surface area is 143 Å². The average molecular weight is 320 g/mol. The van der Waals surface area contributed by atoms with Crippen molar-refractivity contribution in [2.75, 3.05) is 13.1 Å². The number of hydrogen-bond acceptors (Lipinski definition) is 1. The summed E-state index contributed by atoms with van der Waals surface area (Å²) in [5, 5.41) is 0. The summed E-state index contributed by atoms with van der Waals surface area (Å²) in [6.45, 7) is 4.43. The van der Waals surface area contributed by atoms with Crippen LogP contribution in [0.1, 0.15) is 23.1 Å². The summed E-state index contributed by atoms with van der Waals surface area (Å²) in [5.41, 5.74) is 2.79. The molecule has 3 heteroatoms. The molecule has 24 heavy (non-hydrogen) atoms. The zero-order valence-electron chi connectivity index (χ0n) is 13.8. The van der Waals surface area contributed by atoms with E-state index in [0.29, 0.717) is 6.17 Å². The van der Waals surface area contributed by atoms with Crippen molar-refractivity contribution in [3.05, 3.63) is 95.9 Å². The zero-order valence-corrected chi connectivity index (χ0v) is 13.8. The molecule has 3 aromatic rings. The second-order valence-electron chi connectivity index (χ2n) is 6.59. The number of rotatable bonds is 5. The monoisotopic (exact) mass is 320 g/mol. The molecule has 0 spiro atoms. The molecule has 0 radical (unpaired) electrons. The maximum atomic E-state index is 5.81. The Hall–Kier alpha value is -2.36. The van der Waals surface area contributed by atoms with Crippen LogP contribution in [0.5, 0.6) is 0 Å². The summed E-state index contributed by atoms with van der Waals surface area (Å²) in [7, 11) is 0. The van der Waals surface area contributed by atoms with Crippen molar-refractivity contribution in [3.63, 3.8) is 0 Å². The molecule has 1 aromatic heterocycles. The highest BCUT2D eigenvalue weighted by atomic mass is 16.3. The molecule has 1 fully saturated rings. The van der Waals surface area contributed by atoms with Crippen LogP contribution in [-0.2, 0) is 13.1 Å². The maximum Gasteiger partial charge on any atom is 0.273 e. The first-order valence-electron chi connectivity index (χ1n) is 8.70. The van der Waals surface area contributed by atoms with E-state index in [1.807, 2.05) is 6.07 Å². The first-order valence-corrected chi connectivity index (χ1v) is 8.70. The molecule has 1 aliphatic rings. The lowest BCUT2D eigenvalue weighted by Crippen LogP contribution is -3.22. The third-order valence-corrected chi connectivity index (χ3v) is 4.96. The van der Waals surface area contributed by atoms with Gasteiger partial charge in [0.25, 0.3) is 6.17 Å². The fourth-order valence-electron chi connectivity index (χ4n) is 3.85. The minimum Gasteiger partial charge on any atom is -0.457 e. The molecule has 1 saturated heterocycles. The minimum absolute atomic E-state index is 0.361. The molecule has 4 rings (SSSR count). The van der Waals surface area contributed by atoms with E-state index in [-0.39, 0.29) is 0 Å². The second-order valence-corrected chi connectivity index (χ2v) is 6.59. The molecule has 122 valence electrons. The van der Waals surface area contributed by atoms with Gasteiger partial charge >= 0.3 is 0 Å². The Morgan fingerprint density at radius 3 is 1.71 bits per heavy atom. The molecule has 3 nitrogen and oxygen atoms in total. The van der Waals surface area contributed by atoms with Crippen LogP contribution in [0.4, 0.5) is 0 Å². The highest BCUT2D eigenvalue weighted by Crippen LogP contribution is 2.09. The molecule has 2 unspecified atom stereocenters. The van der Waals surface area contributed by atoms with Gasteiger partial charge in [-0.2, -0.15) is 0 Å². The van der Waals surface area contributed by atoms with E-state index in [9.17, 15) is 0 Å². The smallest absolute Gasteiger partial charge is 0.273 e. The molecule has 0 saturated carbocycles. The summed E-state index contributed by atoms with van der Waals surface area (Å²) in [4.78, 5) is 3.17. The second kappa shape index (κ2) is 7.04. The maximum absolute atomic E-state index is 5.81. The summed E-state index contributed by atoms with van der Waals surface area (Å²) in [6.07, 6.45) is 2.16. The molecule has 0 amide bonds. The van der Waals surface area contributed by atoms with E-state index in [1.54, 1.807) is 16.1 Å². The van der Waals surface area contributed by atoms with Crippen molar-refractivity contribution in [1.29, 1.82) is 0 Å². The Morgan fingerprint density at radius 1 is 0.708 bits per heavy atom. The molecule has 1 aliphatic heterocycles. The molecule has 2 N–H and O–H groups in total. The largest absolute Gasteiger partial charge is 0.457 e. The predicted octanol–water partition coefficient (Wildman–Crippen LogP) is 1.46. The van der Waals surface area contributed by atoms with Crippen molar-refractivity contribution in [2.45, 2.75) is 19.3 Å². The lowest BCUT2D eigenvalue weighted by Gasteiger charge is -2.22.